The number of ether oxygens (including phenoxy) is 1. The Balaban J connectivity index is 2.59. The number of nitrogens with one attached hydrogen (secondary N) is 1. The number of rotatable bonds is 6. The van der Waals surface area contributed by atoms with Gasteiger partial charge in [0, 0.05) is 23.8 Å². The molecule has 0 unspecified atom stereocenters. The zero-order chi connectivity index (χ0) is 15.8. The maximum Gasteiger partial charge on any atom is 0.325 e. The minimum atomic E-state index is -0.629. The molecule has 0 heterocycles. The highest BCUT2D eigenvalue weighted by atomic mass is 16.6. The van der Waals surface area contributed by atoms with Crippen LogP contribution in [0.2, 0.25) is 0 Å². The molecule has 8 nitrogen and oxygen atoms in total. The third-order valence-electron chi connectivity index (χ3n) is 2.38. The summed E-state index contributed by atoms with van der Waals surface area (Å²) in [5.41, 5.74) is 0.0731. The van der Waals surface area contributed by atoms with Crippen molar-refractivity contribution >= 4 is 23.3 Å². The van der Waals surface area contributed by atoms with E-state index in [0.717, 1.165) is 12.2 Å². The van der Waals surface area contributed by atoms with E-state index in [-0.39, 0.29) is 17.8 Å². The van der Waals surface area contributed by atoms with E-state index in [2.05, 4.69) is 10.1 Å². The van der Waals surface area contributed by atoms with E-state index in [0.29, 0.717) is 0 Å². The van der Waals surface area contributed by atoms with E-state index in [1.165, 1.54) is 31.4 Å². The number of ketones is 1. The lowest BCUT2D eigenvalue weighted by atomic mass is 10.1. The Hall–Kier alpha value is -3.03. The molecule has 1 aromatic rings. The fourth-order valence-electron chi connectivity index (χ4n) is 1.29. The fourth-order valence-corrected chi connectivity index (χ4v) is 1.29. The normalized spacial score (nSPS) is 10.1. The maximum atomic E-state index is 11.7. The molecule has 1 aromatic carbocycles. The summed E-state index contributed by atoms with van der Waals surface area (Å²) in [6.45, 7) is -0.300. The van der Waals surface area contributed by atoms with Crippen molar-refractivity contribution in [1.29, 1.82) is 0 Å². The van der Waals surface area contributed by atoms with Gasteiger partial charge in [-0.2, -0.15) is 0 Å². The van der Waals surface area contributed by atoms with Gasteiger partial charge in [0.25, 0.3) is 5.69 Å². The van der Waals surface area contributed by atoms with Gasteiger partial charge in [0.15, 0.2) is 5.78 Å². The predicted octanol–water partition coefficient (Wildman–Crippen LogP) is 0.623. The Morgan fingerprint density at radius 1 is 1.24 bits per heavy atom. The van der Waals surface area contributed by atoms with Crippen LogP contribution in [0.25, 0.3) is 0 Å². The average Bonchev–Trinajstić information content (AvgIpc) is 2.50. The summed E-state index contributed by atoms with van der Waals surface area (Å²) in [5.74, 6) is -1.73. The van der Waals surface area contributed by atoms with Gasteiger partial charge >= 0.3 is 5.97 Å². The number of methoxy groups -OCH3 is 1. The molecule has 0 saturated heterocycles. The predicted molar refractivity (Wildman–Crippen MR) is 71.6 cm³/mol. The molecule has 0 radical (unpaired) electrons. The van der Waals surface area contributed by atoms with Crippen molar-refractivity contribution in [3.05, 3.63) is 52.1 Å². The van der Waals surface area contributed by atoms with Crippen molar-refractivity contribution in [2.45, 2.75) is 0 Å². The monoisotopic (exact) mass is 292 g/mol. The van der Waals surface area contributed by atoms with E-state index in [9.17, 15) is 24.5 Å². The van der Waals surface area contributed by atoms with Gasteiger partial charge in [-0.1, -0.05) is 0 Å². The molecule has 1 rings (SSSR count). The maximum absolute atomic E-state index is 11.7. The molecular formula is C13H12N2O6. The van der Waals surface area contributed by atoms with E-state index < -0.39 is 22.6 Å². The number of esters is 1. The molecule has 0 bridgehead atoms. The van der Waals surface area contributed by atoms with Gasteiger partial charge in [-0.3, -0.25) is 24.5 Å². The topological polar surface area (TPSA) is 116 Å². The van der Waals surface area contributed by atoms with Gasteiger partial charge in [-0.05, 0) is 18.2 Å². The number of amides is 1. The lowest BCUT2D eigenvalue weighted by molar-refractivity contribution is -0.384. The van der Waals surface area contributed by atoms with Crippen LogP contribution < -0.4 is 5.32 Å². The molecule has 0 saturated carbocycles. The Bertz CT molecular complexity index is 591. The van der Waals surface area contributed by atoms with Crippen molar-refractivity contribution < 1.29 is 24.0 Å². The average molecular weight is 292 g/mol. The minimum absolute atomic E-state index is 0.133. The summed E-state index contributed by atoms with van der Waals surface area (Å²) in [7, 11) is 1.18. The molecule has 0 atom stereocenters. The van der Waals surface area contributed by atoms with Crippen molar-refractivity contribution in [2.75, 3.05) is 13.7 Å². The fraction of sp³-hybridized carbons (Fsp3) is 0.154. The number of allylic oxidation sites excluding steroid dienone is 1. The molecule has 1 N–H and O–H groups in total. The van der Waals surface area contributed by atoms with Crippen LogP contribution in [0, 0.1) is 10.1 Å². The Kier molecular flexibility index (Phi) is 5.75. The highest BCUT2D eigenvalue weighted by molar-refractivity contribution is 6.07. The molecular weight excluding hydrogens is 280 g/mol. The summed E-state index contributed by atoms with van der Waals surface area (Å²) < 4.78 is 4.33. The number of hydrogen-bond donors (Lipinski definition) is 1. The summed E-state index contributed by atoms with van der Waals surface area (Å²) in [6, 6.07) is 4.96. The van der Waals surface area contributed by atoms with Gasteiger partial charge in [0.1, 0.15) is 6.54 Å². The Morgan fingerprint density at radius 2 is 1.86 bits per heavy atom. The first-order chi connectivity index (χ1) is 9.93. The lowest BCUT2D eigenvalue weighted by Gasteiger charge is -1.99. The summed E-state index contributed by atoms with van der Waals surface area (Å²) >= 11 is 0. The van der Waals surface area contributed by atoms with Crippen LogP contribution >= 0.6 is 0 Å². The first kappa shape index (κ1) is 16.0. The third-order valence-corrected chi connectivity index (χ3v) is 2.38. The van der Waals surface area contributed by atoms with Crippen LogP contribution in [0.5, 0.6) is 0 Å². The van der Waals surface area contributed by atoms with E-state index in [1.807, 2.05) is 0 Å². The molecule has 21 heavy (non-hydrogen) atoms. The summed E-state index contributed by atoms with van der Waals surface area (Å²) in [5, 5.41) is 12.7. The second kappa shape index (κ2) is 7.53. The number of hydrogen-bond acceptors (Lipinski definition) is 6. The first-order valence-electron chi connectivity index (χ1n) is 5.75. The molecule has 0 aliphatic heterocycles. The molecule has 0 aliphatic carbocycles. The number of nitrogens with zero attached hydrogens (tertiary/aromatic N) is 1. The molecule has 1 amide bonds. The Morgan fingerprint density at radius 3 is 2.38 bits per heavy atom. The number of nitro benzene ring substituents is 1. The molecule has 0 fully saturated rings. The molecule has 8 heteroatoms. The van der Waals surface area contributed by atoms with Gasteiger partial charge in [-0.15, -0.1) is 0 Å². The highest BCUT2D eigenvalue weighted by Crippen LogP contribution is 2.12. The van der Waals surface area contributed by atoms with Gasteiger partial charge in [0.2, 0.25) is 5.91 Å². The molecule has 110 valence electrons. The highest BCUT2D eigenvalue weighted by Gasteiger charge is 2.08. The number of carbonyl (C=O) groups is 3. The van der Waals surface area contributed by atoms with Crippen molar-refractivity contribution in [3.63, 3.8) is 0 Å². The van der Waals surface area contributed by atoms with E-state index in [1.54, 1.807) is 0 Å². The number of nitro groups is 1. The molecule has 0 aliphatic rings. The Labute approximate surface area is 119 Å². The molecule has 0 spiro atoms. The summed E-state index contributed by atoms with van der Waals surface area (Å²) in [4.78, 5) is 43.7. The van der Waals surface area contributed by atoms with E-state index in [4.69, 9.17) is 0 Å². The standard InChI is InChI=1S/C13H12N2O6/c1-21-13(18)8-14-12(17)7-6-11(16)9-2-4-10(5-3-9)15(19)20/h2-7H,8H2,1H3,(H,14,17). The SMILES string of the molecule is COC(=O)CNC(=O)C=CC(=O)c1ccc([N+](=O)[O-])cc1. The smallest absolute Gasteiger partial charge is 0.325 e. The van der Waals surface area contributed by atoms with Gasteiger partial charge in [0.05, 0.1) is 12.0 Å². The van der Waals surface area contributed by atoms with Crippen LogP contribution in [0.15, 0.2) is 36.4 Å². The van der Waals surface area contributed by atoms with Crippen molar-refractivity contribution in [2.24, 2.45) is 0 Å². The lowest BCUT2D eigenvalue weighted by Crippen LogP contribution is -2.28. The van der Waals surface area contributed by atoms with Gasteiger partial charge in [-0.25, -0.2) is 0 Å². The number of non-ortho nitro benzene ring substituents is 1. The summed E-state index contributed by atoms with van der Waals surface area (Å²) in [6.07, 6.45) is 1.97. The van der Waals surface area contributed by atoms with Crippen LogP contribution in [-0.4, -0.2) is 36.2 Å². The molecule has 0 aromatic heterocycles. The minimum Gasteiger partial charge on any atom is -0.468 e. The second-order valence-corrected chi connectivity index (χ2v) is 3.80. The quantitative estimate of drug-likeness (QED) is 0.270. The van der Waals surface area contributed by atoms with Crippen LogP contribution in [-0.2, 0) is 14.3 Å². The van der Waals surface area contributed by atoms with Crippen molar-refractivity contribution in [3.8, 4) is 0 Å². The third kappa shape index (κ3) is 5.23. The largest absolute Gasteiger partial charge is 0.468 e. The van der Waals surface area contributed by atoms with Crippen LogP contribution in [0.1, 0.15) is 10.4 Å². The zero-order valence-corrected chi connectivity index (χ0v) is 11.1. The second-order valence-electron chi connectivity index (χ2n) is 3.80. The van der Waals surface area contributed by atoms with Crippen LogP contribution in [0.3, 0.4) is 0 Å². The first-order valence-corrected chi connectivity index (χ1v) is 5.75. The van der Waals surface area contributed by atoms with E-state index >= 15 is 0 Å². The zero-order valence-electron chi connectivity index (χ0n) is 11.1. The van der Waals surface area contributed by atoms with Crippen LogP contribution in [0.4, 0.5) is 5.69 Å². The number of benzene rings is 1. The number of carbonyl (C=O) groups excluding carboxylic acids is 3. The van der Waals surface area contributed by atoms with Gasteiger partial charge < -0.3 is 10.1 Å². The van der Waals surface area contributed by atoms with Crippen molar-refractivity contribution in [1.82, 2.24) is 5.32 Å².